The Morgan fingerprint density at radius 3 is 1.59 bits per heavy atom. The molecule has 2 saturated heterocycles. The minimum Gasteiger partial charge on any atom is -0.494 e. The zero-order valence-corrected chi connectivity index (χ0v) is 33.0. The molecular weight excluding hydrogens is 709 g/mol. The lowest BCUT2D eigenvalue weighted by Crippen LogP contribution is -2.34. The van der Waals surface area contributed by atoms with Crippen molar-refractivity contribution in [1.82, 2.24) is 9.80 Å². The summed E-state index contributed by atoms with van der Waals surface area (Å²) >= 11 is 0. The lowest BCUT2D eigenvalue weighted by Gasteiger charge is -2.31. The molecule has 12 nitrogen and oxygen atoms in total. The van der Waals surface area contributed by atoms with Gasteiger partial charge in [0.1, 0.15) is 29.8 Å². The third-order valence-electron chi connectivity index (χ3n) is 10.5. The fourth-order valence-corrected chi connectivity index (χ4v) is 7.08. The van der Waals surface area contributed by atoms with Crippen LogP contribution in [0.3, 0.4) is 0 Å². The Morgan fingerprint density at radius 2 is 1.14 bits per heavy atom. The molecule has 56 heavy (non-hydrogen) atoms. The highest BCUT2D eigenvalue weighted by Crippen LogP contribution is 2.24. The van der Waals surface area contributed by atoms with Crippen LogP contribution in [-0.2, 0) is 11.3 Å². The summed E-state index contributed by atoms with van der Waals surface area (Å²) in [6.45, 7) is 8.79. The number of carbonyl (C=O) groups is 1. The number of ether oxygens (including phenoxy) is 3. The zero-order chi connectivity index (χ0) is 39.8. The number of likely N-dealkylation sites (tertiary alicyclic amines) is 2. The molecule has 2 fully saturated rings. The molecule has 0 radical (unpaired) electrons. The van der Waals surface area contributed by atoms with Crippen LogP contribution in [0.4, 0.5) is 4.79 Å². The van der Waals surface area contributed by atoms with E-state index in [1.54, 1.807) is 12.1 Å². The van der Waals surface area contributed by atoms with Gasteiger partial charge < -0.3 is 45.7 Å². The Balaban J connectivity index is 0.000000265. The van der Waals surface area contributed by atoms with Crippen LogP contribution in [0.25, 0.3) is 0 Å². The predicted molar refractivity (Wildman–Crippen MR) is 222 cm³/mol. The molecule has 0 bridgehead atoms. The summed E-state index contributed by atoms with van der Waals surface area (Å²) in [4.78, 5) is 20.6. The van der Waals surface area contributed by atoms with Crippen LogP contribution >= 0.6 is 0 Å². The van der Waals surface area contributed by atoms with Crippen molar-refractivity contribution in [1.29, 1.82) is 5.41 Å². The molecule has 1 amide bonds. The van der Waals surface area contributed by atoms with Crippen molar-refractivity contribution in [3.05, 3.63) is 95.6 Å². The van der Waals surface area contributed by atoms with E-state index in [1.165, 1.54) is 38.5 Å². The summed E-state index contributed by atoms with van der Waals surface area (Å²) in [5.74, 6) is 3.39. The fourth-order valence-electron chi connectivity index (χ4n) is 7.08. The van der Waals surface area contributed by atoms with Crippen molar-refractivity contribution in [2.24, 2.45) is 28.3 Å². The molecule has 3 aromatic carbocycles. The Labute approximate surface area is 333 Å². The number of hydrogen-bond acceptors (Lipinski definition) is 9. The number of aliphatic hydroxyl groups excluding tert-OH is 2. The molecule has 0 saturated carbocycles. The van der Waals surface area contributed by atoms with E-state index in [0.717, 1.165) is 106 Å². The number of amides is 1. The average molecular weight is 773 g/mol. The molecule has 0 unspecified atom stereocenters. The normalized spacial score (nSPS) is 15.8. The number of aliphatic hydroxyl groups is 2. The van der Waals surface area contributed by atoms with E-state index >= 15 is 0 Å². The molecule has 2 aliphatic rings. The van der Waals surface area contributed by atoms with Gasteiger partial charge >= 0.3 is 6.09 Å². The number of nitrogens with zero attached hydrogens (tertiary/aromatic N) is 3. The lowest BCUT2D eigenvalue weighted by molar-refractivity contribution is 0.151. The quantitative estimate of drug-likeness (QED) is 0.0504. The van der Waals surface area contributed by atoms with Gasteiger partial charge in [0.25, 0.3) is 0 Å². The molecule has 3 aromatic rings. The number of benzene rings is 3. The number of piperidine rings is 2. The summed E-state index contributed by atoms with van der Waals surface area (Å²) in [7, 11) is 0. The van der Waals surface area contributed by atoms with E-state index < -0.39 is 6.09 Å². The molecule has 12 heteroatoms. The summed E-state index contributed by atoms with van der Waals surface area (Å²) < 4.78 is 16.8. The minimum atomic E-state index is -0.712. The molecule has 306 valence electrons. The van der Waals surface area contributed by atoms with Crippen molar-refractivity contribution in [2.75, 3.05) is 65.7 Å². The van der Waals surface area contributed by atoms with Gasteiger partial charge in [-0.05, 0) is 156 Å². The standard InChI is InChI=1S/C26H35N3O4.C18H29N3O2/c27-25(28-26(31)33-20-22-6-2-1-3-7-22)23-9-11-24(12-10-23)32-19-4-8-21-13-16-29(17-14-21)15-5-18-30;19-18(20)16-4-6-17(7-5-16)23-14-1-3-15-8-11-21(12-9-15)10-2-13-22/h1-3,6-7,9-12,21,30H,4-5,8,13-20H2,(H2,27,28,31);4-7,15,22H,1-3,8-14H2,(H3,19,20). The first kappa shape index (κ1) is 44.2. The number of aliphatic imine (C=N–C) groups is 1. The third kappa shape index (κ3) is 17.1. The van der Waals surface area contributed by atoms with Gasteiger partial charge in [-0.1, -0.05) is 30.3 Å². The summed E-state index contributed by atoms with van der Waals surface area (Å²) in [6, 6.07) is 24.1. The van der Waals surface area contributed by atoms with Crippen molar-refractivity contribution in [2.45, 2.75) is 70.8 Å². The number of carbonyl (C=O) groups excluding carboxylic acids is 1. The molecule has 2 heterocycles. The summed E-state index contributed by atoms with van der Waals surface area (Å²) in [5, 5.41) is 25.2. The molecular formula is C44H64N6O6. The molecule has 0 aliphatic carbocycles. The van der Waals surface area contributed by atoms with Gasteiger partial charge in [-0.15, -0.1) is 0 Å². The Kier molecular flexibility index (Phi) is 20.2. The second-order valence-electron chi connectivity index (χ2n) is 14.7. The number of nitrogens with two attached hydrogens (primary N) is 2. The molecule has 7 N–H and O–H groups in total. The van der Waals surface area contributed by atoms with E-state index in [4.69, 9.17) is 41.3 Å². The monoisotopic (exact) mass is 772 g/mol. The van der Waals surface area contributed by atoms with Gasteiger partial charge in [-0.2, -0.15) is 4.99 Å². The van der Waals surface area contributed by atoms with E-state index in [0.29, 0.717) is 18.8 Å². The minimum absolute atomic E-state index is 0.0851. The van der Waals surface area contributed by atoms with Gasteiger partial charge in [0, 0.05) is 37.4 Å². The fraction of sp³-hybridized carbons (Fsp3) is 0.523. The highest BCUT2D eigenvalue weighted by molar-refractivity contribution is 6.02. The maximum absolute atomic E-state index is 11.9. The number of amidine groups is 2. The average Bonchev–Trinajstić information content (AvgIpc) is 3.23. The van der Waals surface area contributed by atoms with Crippen molar-refractivity contribution in [3.8, 4) is 11.5 Å². The van der Waals surface area contributed by atoms with Crippen LogP contribution in [-0.4, -0.2) is 103 Å². The van der Waals surface area contributed by atoms with Crippen LogP contribution < -0.4 is 20.9 Å². The second-order valence-corrected chi connectivity index (χ2v) is 14.7. The number of nitrogens with one attached hydrogen (secondary N) is 1. The lowest BCUT2D eigenvalue weighted by atomic mass is 9.92. The first-order valence-corrected chi connectivity index (χ1v) is 20.3. The summed E-state index contributed by atoms with van der Waals surface area (Å²) in [5.41, 5.74) is 13.6. The van der Waals surface area contributed by atoms with Gasteiger partial charge in [0.05, 0.1) is 13.2 Å². The first-order chi connectivity index (χ1) is 27.3. The zero-order valence-electron chi connectivity index (χ0n) is 33.0. The van der Waals surface area contributed by atoms with E-state index in [9.17, 15) is 4.79 Å². The number of hydrogen-bond donors (Lipinski definition) is 5. The van der Waals surface area contributed by atoms with Crippen LogP contribution in [0.15, 0.2) is 83.9 Å². The number of nitrogen functional groups attached to an aromatic ring is 1. The molecule has 2 aliphatic heterocycles. The van der Waals surface area contributed by atoms with Gasteiger partial charge in [-0.3, -0.25) is 5.41 Å². The van der Waals surface area contributed by atoms with Crippen LogP contribution in [0.5, 0.6) is 11.5 Å². The van der Waals surface area contributed by atoms with Gasteiger partial charge in [0.2, 0.25) is 0 Å². The number of rotatable bonds is 20. The third-order valence-corrected chi connectivity index (χ3v) is 10.5. The van der Waals surface area contributed by atoms with Crippen molar-refractivity contribution < 1.29 is 29.2 Å². The van der Waals surface area contributed by atoms with Crippen molar-refractivity contribution in [3.63, 3.8) is 0 Å². The maximum Gasteiger partial charge on any atom is 0.435 e. The van der Waals surface area contributed by atoms with E-state index in [-0.39, 0.29) is 24.9 Å². The predicted octanol–water partition coefficient (Wildman–Crippen LogP) is 6.21. The van der Waals surface area contributed by atoms with Crippen LogP contribution in [0.1, 0.15) is 80.9 Å². The molecule has 5 rings (SSSR count). The van der Waals surface area contributed by atoms with E-state index in [1.807, 2.05) is 66.7 Å². The maximum atomic E-state index is 11.9. The van der Waals surface area contributed by atoms with Crippen LogP contribution in [0.2, 0.25) is 0 Å². The smallest absolute Gasteiger partial charge is 0.435 e. The second kappa shape index (κ2) is 25.6. The first-order valence-electron chi connectivity index (χ1n) is 20.3. The summed E-state index contributed by atoms with van der Waals surface area (Å²) in [6.07, 6.45) is 10.5. The SMILES string of the molecule is N=C(N)c1ccc(OCCCC2CCN(CCCO)CC2)cc1.NC(=NC(=O)OCc1ccccc1)c1ccc(OCCCC2CCN(CCCO)CC2)cc1. The van der Waals surface area contributed by atoms with Gasteiger partial charge in [0.15, 0.2) is 0 Å². The topological polar surface area (TPSA) is 180 Å². The Bertz CT molecular complexity index is 1560. The highest BCUT2D eigenvalue weighted by atomic mass is 16.5. The highest BCUT2D eigenvalue weighted by Gasteiger charge is 2.19. The van der Waals surface area contributed by atoms with Crippen molar-refractivity contribution >= 4 is 17.8 Å². The largest absolute Gasteiger partial charge is 0.494 e. The Hall–Kier alpha value is -4.49. The van der Waals surface area contributed by atoms with E-state index in [2.05, 4.69) is 14.8 Å². The van der Waals surface area contributed by atoms with Crippen LogP contribution in [0, 0.1) is 17.2 Å². The Morgan fingerprint density at radius 1 is 0.679 bits per heavy atom. The van der Waals surface area contributed by atoms with Gasteiger partial charge in [-0.25, -0.2) is 4.79 Å². The molecule has 0 aromatic heterocycles. The molecule has 0 atom stereocenters. The molecule has 0 spiro atoms.